The predicted octanol–water partition coefficient (Wildman–Crippen LogP) is 0.852. The topological polar surface area (TPSA) is 128 Å². The maximum Gasteiger partial charge on any atom is 0.298 e. The first-order valence-electron chi connectivity index (χ1n) is 7.47. The van der Waals surface area contributed by atoms with Crippen molar-refractivity contribution in [3.05, 3.63) is 40.1 Å². The Labute approximate surface area is 148 Å². The number of nitrogens with zero attached hydrogens (tertiary/aromatic N) is 3. The molecule has 0 aliphatic heterocycles. The van der Waals surface area contributed by atoms with Gasteiger partial charge in [0.05, 0.1) is 24.8 Å². The number of nitrogens with one attached hydrogen (secondary N) is 2. The summed E-state index contributed by atoms with van der Waals surface area (Å²) in [4.78, 5) is 20.7. The number of anilines is 1. The van der Waals surface area contributed by atoms with Gasteiger partial charge in [0.2, 0.25) is 0 Å². The lowest BCUT2D eigenvalue weighted by Crippen LogP contribution is -2.25. The normalized spacial score (nSPS) is 11.5. The van der Waals surface area contributed by atoms with Crippen LogP contribution in [0.2, 0.25) is 0 Å². The number of ether oxygens (including phenoxy) is 2. The zero-order valence-corrected chi connectivity index (χ0v) is 15.3. The molecule has 0 fully saturated rings. The minimum Gasteiger partial charge on any atom is -0.493 e. The molecule has 2 N–H and O–H groups in total. The molecule has 0 radical (unpaired) electrons. The maximum atomic E-state index is 12.7. The van der Waals surface area contributed by atoms with E-state index in [0.29, 0.717) is 11.6 Å². The van der Waals surface area contributed by atoms with Gasteiger partial charge in [0, 0.05) is 6.07 Å². The van der Waals surface area contributed by atoms with E-state index in [1.165, 1.54) is 39.3 Å². The SMILES string of the molecule is COc1ccc(S(=O)(=O)Nc2c(C)nc3nc(C)[nH]n3c2=O)cc1OC. The van der Waals surface area contributed by atoms with Crippen molar-refractivity contribution < 1.29 is 17.9 Å². The Bertz CT molecular complexity index is 1150. The molecule has 0 saturated heterocycles. The van der Waals surface area contributed by atoms with E-state index >= 15 is 0 Å². The van der Waals surface area contributed by atoms with E-state index in [2.05, 4.69) is 19.8 Å². The average molecular weight is 379 g/mol. The fourth-order valence-corrected chi connectivity index (χ4v) is 3.55. The van der Waals surface area contributed by atoms with Gasteiger partial charge in [0.15, 0.2) is 11.5 Å². The molecule has 0 aliphatic rings. The monoisotopic (exact) mass is 379 g/mol. The van der Waals surface area contributed by atoms with E-state index in [1.54, 1.807) is 6.92 Å². The molecule has 0 atom stereocenters. The third-order valence-electron chi connectivity index (χ3n) is 3.69. The van der Waals surface area contributed by atoms with Crippen molar-refractivity contribution >= 4 is 21.5 Å². The van der Waals surface area contributed by atoms with Crippen LogP contribution in [0.4, 0.5) is 5.69 Å². The summed E-state index contributed by atoms with van der Waals surface area (Å²) in [6, 6.07) is 4.12. The summed E-state index contributed by atoms with van der Waals surface area (Å²) in [5.74, 6) is 1.29. The van der Waals surface area contributed by atoms with Crippen molar-refractivity contribution in [2.24, 2.45) is 0 Å². The van der Waals surface area contributed by atoms with E-state index < -0.39 is 15.6 Å². The second-order valence-electron chi connectivity index (χ2n) is 5.44. The van der Waals surface area contributed by atoms with Gasteiger partial charge in [-0.2, -0.15) is 9.50 Å². The fourth-order valence-electron chi connectivity index (χ4n) is 2.42. The highest BCUT2D eigenvalue weighted by atomic mass is 32.2. The number of methoxy groups -OCH3 is 2. The summed E-state index contributed by atoms with van der Waals surface area (Å²) in [6.07, 6.45) is 0. The van der Waals surface area contributed by atoms with Gasteiger partial charge >= 0.3 is 0 Å². The first-order valence-corrected chi connectivity index (χ1v) is 8.96. The van der Waals surface area contributed by atoms with Gasteiger partial charge in [0.25, 0.3) is 21.4 Å². The highest BCUT2D eigenvalue weighted by molar-refractivity contribution is 7.92. The Morgan fingerprint density at radius 1 is 1.12 bits per heavy atom. The van der Waals surface area contributed by atoms with Crippen LogP contribution in [0.15, 0.2) is 27.9 Å². The van der Waals surface area contributed by atoms with Gasteiger partial charge in [0.1, 0.15) is 11.5 Å². The van der Waals surface area contributed by atoms with Crippen LogP contribution >= 0.6 is 0 Å². The lowest BCUT2D eigenvalue weighted by Gasteiger charge is -2.12. The Hall–Kier alpha value is -3.08. The lowest BCUT2D eigenvalue weighted by atomic mass is 10.3. The number of aromatic amines is 1. The second kappa shape index (κ2) is 6.33. The molecular formula is C15H17N5O5S. The highest BCUT2D eigenvalue weighted by Crippen LogP contribution is 2.30. The Morgan fingerprint density at radius 2 is 1.81 bits per heavy atom. The third-order valence-corrected chi connectivity index (χ3v) is 5.04. The molecular weight excluding hydrogens is 362 g/mol. The molecule has 1 aromatic carbocycles. The van der Waals surface area contributed by atoms with Crippen LogP contribution in [0.3, 0.4) is 0 Å². The number of H-pyrrole nitrogens is 1. The number of hydrogen-bond acceptors (Lipinski definition) is 7. The predicted molar refractivity (Wildman–Crippen MR) is 93.4 cm³/mol. The van der Waals surface area contributed by atoms with Crippen LogP contribution in [0, 0.1) is 13.8 Å². The zero-order chi connectivity index (χ0) is 19.1. The molecule has 11 heteroatoms. The van der Waals surface area contributed by atoms with E-state index in [-0.39, 0.29) is 27.8 Å². The molecule has 0 spiro atoms. The summed E-state index contributed by atoms with van der Waals surface area (Å²) in [6.45, 7) is 3.19. The fraction of sp³-hybridized carbons (Fsp3) is 0.267. The number of rotatable bonds is 5. The molecule has 0 bridgehead atoms. The molecule has 0 saturated carbocycles. The minimum absolute atomic E-state index is 0.0835. The molecule has 2 aromatic heterocycles. The van der Waals surface area contributed by atoms with Crippen LogP contribution in [0.1, 0.15) is 11.5 Å². The quantitative estimate of drug-likeness (QED) is 0.673. The Kier molecular flexibility index (Phi) is 4.32. The largest absolute Gasteiger partial charge is 0.493 e. The number of benzene rings is 1. The summed E-state index contributed by atoms with van der Waals surface area (Å²) in [5.41, 5.74) is -0.552. The van der Waals surface area contributed by atoms with Crippen LogP contribution in [0.5, 0.6) is 11.5 Å². The van der Waals surface area contributed by atoms with E-state index in [4.69, 9.17) is 9.47 Å². The molecule has 0 aliphatic carbocycles. The van der Waals surface area contributed by atoms with Crippen molar-refractivity contribution in [1.82, 2.24) is 19.6 Å². The molecule has 0 unspecified atom stereocenters. The molecule has 10 nitrogen and oxygen atoms in total. The van der Waals surface area contributed by atoms with Gasteiger partial charge in [-0.25, -0.2) is 13.4 Å². The highest BCUT2D eigenvalue weighted by Gasteiger charge is 2.21. The van der Waals surface area contributed by atoms with Gasteiger partial charge in [-0.1, -0.05) is 0 Å². The van der Waals surface area contributed by atoms with Gasteiger partial charge in [-0.05, 0) is 26.0 Å². The third kappa shape index (κ3) is 2.96. The maximum absolute atomic E-state index is 12.7. The standard InChI is InChI=1S/C15H17N5O5S/c1-8-13(14(21)20-15(16-8)17-9(2)18-20)19-26(22,23)10-5-6-11(24-3)12(7-10)25-4/h5-7,19H,1-4H3,(H,16,17,18). The van der Waals surface area contributed by atoms with Crippen molar-refractivity contribution in [1.29, 1.82) is 0 Å². The lowest BCUT2D eigenvalue weighted by molar-refractivity contribution is 0.354. The van der Waals surface area contributed by atoms with Crippen LogP contribution < -0.4 is 19.8 Å². The van der Waals surface area contributed by atoms with Gasteiger partial charge in [-0.15, -0.1) is 0 Å². The second-order valence-corrected chi connectivity index (χ2v) is 7.13. The van der Waals surface area contributed by atoms with Gasteiger partial charge < -0.3 is 9.47 Å². The van der Waals surface area contributed by atoms with Crippen molar-refractivity contribution in [2.75, 3.05) is 18.9 Å². The minimum atomic E-state index is -4.05. The molecule has 3 rings (SSSR count). The summed E-state index contributed by atoms with van der Waals surface area (Å²) < 4.78 is 39.0. The average Bonchev–Trinajstić information content (AvgIpc) is 2.98. The van der Waals surface area contributed by atoms with Crippen LogP contribution in [-0.4, -0.2) is 42.2 Å². The smallest absolute Gasteiger partial charge is 0.298 e. The number of aryl methyl sites for hydroxylation is 2. The number of hydrogen-bond donors (Lipinski definition) is 2. The van der Waals surface area contributed by atoms with Crippen LogP contribution in [-0.2, 0) is 10.0 Å². The zero-order valence-electron chi connectivity index (χ0n) is 14.5. The molecule has 3 aromatic rings. The summed E-state index contributed by atoms with van der Waals surface area (Å²) >= 11 is 0. The van der Waals surface area contributed by atoms with Crippen molar-refractivity contribution in [3.8, 4) is 11.5 Å². The molecule has 2 heterocycles. The Morgan fingerprint density at radius 3 is 2.46 bits per heavy atom. The van der Waals surface area contributed by atoms with Gasteiger partial charge in [-0.3, -0.25) is 14.6 Å². The summed E-state index contributed by atoms with van der Waals surface area (Å²) in [5, 5.41) is 2.71. The van der Waals surface area contributed by atoms with E-state index in [0.717, 1.165) is 4.52 Å². The number of fused-ring (bicyclic) bond motifs is 1. The molecule has 138 valence electrons. The van der Waals surface area contributed by atoms with Crippen LogP contribution in [0.25, 0.3) is 5.78 Å². The Balaban J connectivity index is 2.08. The first kappa shape index (κ1) is 17.7. The summed E-state index contributed by atoms with van der Waals surface area (Å²) in [7, 11) is -1.21. The first-order chi connectivity index (χ1) is 12.3. The van der Waals surface area contributed by atoms with E-state index in [9.17, 15) is 13.2 Å². The number of sulfonamides is 1. The molecule has 0 amide bonds. The van der Waals surface area contributed by atoms with Crippen molar-refractivity contribution in [2.45, 2.75) is 18.7 Å². The van der Waals surface area contributed by atoms with E-state index in [1.807, 2.05) is 0 Å². The number of aromatic nitrogens is 4. The molecule has 26 heavy (non-hydrogen) atoms. The van der Waals surface area contributed by atoms with Crippen molar-refractivity contribution in [3.63, 3.8) is 0 Å².